The molecule has 0 amide bonds. The first-order chi connectivity index (χ1) is 10.1. The van der Waals surface area contributed by atoms with Crippen molar-refractivity contribution in [2.45, 2.75) is 26.8 Å². The van der Waals surface area contributed by atoms with Crippen molar-refractivity contribution >= 4 is 15.9 Å². The average molecular weight is 352 g/mol. The lowest BCUT2D eigenvalue weighted by Gasteiger charge is -2.11. The molecule has 4 heteroatoms. The normalized spacial score (nSPS) is 10.7. The number of nitrogens with one attached hydrogen (secondary N) is 1. The molecule has 2 rings (SSSR count). The van der Waals surface area contributed by atoms with Crippen LogP contribution < -0.4 is 10.1 Å². The molecule has 21 heavy (non-hydrogen) atoms. The Morgan fingerprint density at radius 3 is 2.71 bits per heavy atom. The van der Waals surface area contributed by atoms with Crippen molar-refractivity contribution in [3.63, 3.8) is 0 Å². The third-order valence-corrected chi connectivity index (χ3v) is 3.88. The fraction of sp³-hybridized carbons (Fsp3) is 0.294. The van der Waals surface area contributed by atoms with E-state index in [0.29, 0.717) is 11.5 Å². The van der Waals surface area contributed by atoms with E-state index >= 15 is 0 Å². The van der Waals surface area contributed by atoms with Crippen molar-refractivity contribution in [3.8, 4) is 11.5 Å². The van der Waals surface area contributed by atoms with Gasteiger partial charge in [0, 0.05) is 17.1 Å². The minimum Gasteiger partial charge on any atom is -0.457 e. The number of benzene rings is 2. The maximum Gasteiger partial charge on any atom is 0.133 e. The van der Waals surface area contributed by atoms with Gasteiger partial charge in [-0.1, -0.05) is 35.0 Å². The highest BCUT2D eigenvalue weighted by Gasteiger charge is 2.06. The second kappa shape index (κ2) is 7.57. The second-order valence-electron chi connectivity index (χ2n) is 4.94. The molecular weight excluding hydrogens is 333 g/mol. The zero-order valence-electron chi connectivity index (χ0n) is 12.2. The van der Waals surface area contributed by atoms with Crippen LogP contribution in [0, 0.1) is 12.7 Å². The lowest BCUT2D eigenvalue weighted by Crippen LogP contribution is -2.14. The minimum absolute atomic E-state index is 0.296. The van der Waals surface area contributed by atoms with Crippen LogP contribution in [0.3, 0.4) is 0 Å². The molecule has 0 saturated heterocycles. The summed E-state index contributed by atoms with van der Waals surface area (Å²) < 4.78 is 20.0. The zero-order chi connectivity index (χ0) is 15.2. The summed E-state index contributed by atoms with van der Waals surface area (Å²) in [4.78, 5) is 0. The van der Waals surface area contributed by atoms with E-state index in [1.165, 1.54) is 17.7 Å². The lowest BCUT2D eigenvalue weighted by molar-refractivity contribution is 0.472. The van der Waals surface area contributed by atoms with Crippen LogP contribution in [0.5, 0.6) is 11.5 Å². The SMILES string of the molecule is CCCNCc1ccc(Oc2cc(F)ccc2C)cc1Br. The molecule has 2 aromatic carbocycles. The Kier molecular flexibility index (Phi) is 5.76. The number of rotatable bonds is 6. The molecule has 0 aromatic heterocycles. The molecular formula is C17H19BrFNO. The highest BCUT2D eigenvalue weighted by molar-refractivity contribution is 9.10. The van der Waals surface area contributed by atoms with Crippen molar-refractivity contribution in [1.29, 1.82) is 0 Å². The maximum absolute atomic E-state index is 13.3. The van der Waals surface area contributed by atoms with Gasteiger partial charge < -0.3 is 10.1 Å². The van der Waals surface area contributed by atoms with Crippen LogP contribution >= 0.6 is 15.9 Å². The van der Waals surface area contributed by atoms with Gasteiger partial charge in [-0.05, 0) is 49.2 Å². The Hall–Kier alpha value is -1.39. The summed E-state index contributed by atoms with van der Waals surface area (Å²) in [6.07, 6.45) is 1.11. The summed E-state index contributed by atoms with van der Waals surface area (Å²) in [7, 11) is 0. The Bertz CT molecular complexity index is 616. The van der Waals surface area contributed by atoms with Crippen molar-refractivity contribution in [1.82, 2.24) is 5.32 Å². The number of halogens is 2. The highest BCUT2D eigenvalue weighted by Crippen LogP contribution is 2.29. The Labute approximate surface area is 133 Å². The van der Waals surface area contributed by atoms with Crippen molar-refractivity contribution in [2.75, 3.05) is 6.54 Å². The minimum atomic E-state index is -0.296. The quantitative estimate of drug-likeness (QED) is 0.723. The fourth-order valence-electron chi connectivity index (χ4n) is 1.95. The number of aryl methyl sites for hydroxylation is 1. The second-order valence-corrected chi connectivity index (χ2v) is 5.80. The molecule has 0 radical (unpaired) electrons. The molecule has 112 valence electrons. The molecule has 0 atom stereocenters. The van der Waals surface area contributed by atoms with E-state index in [4.69, 9.17) is 4.74 Å². The van der Waals surface area contributed by atoms with Gasteiger partial charge in [-0.2, -0.15) is 0 Å². The third kappa shape index (κ3) is 4.55. The first-order valence-corrected chi connectivity index (χ1v) is 7.82. The molecule has 1 N–H and O–H groups in total. The van der Waals surface area contributed by atoms with Gasteiger partial charge in [0.05, 0.1) is 0 Å². The summed E-state index contributed by atoms with van der Waals surface area (Å²) in [5.74, 6) is 0.934. The predicted molar refractivity (Wildman–Crippen MR) is 87.4 cm³/mol. The van der Waals surface area contributed by atoms with Crippen molar-refractivity contribution in [2.24, 2.45) is 0 Å². The fourth-order valence-corrected chi connectivity index (χ4v) is 2.44. The molecule has 0 unspecified atom stereocenters. The van der Waals surface area contributed by atoms with Crippen LogP contribution in [0.4, 0.5) is 4.39 Å². The van der Waals surface area contributed by atoms with Gasteiger partial charge in [-0.15, -0.1) is 0 Å². The smallest absolute Gasteiger partial charge is 0.133 e. The van der Waals surface area contributed by atoms with Crippen LogP contribution in [0.15, 0.2) is 40.9 Å². The predicted octanol–water partition coefficient (Wildman–Crippen LogP) is 5.19. The summed E-state index contributed by atoms with van der Waals surface area (Å²) in [6.45, 7) is 5.84. The molecule has 2 aromatic rings. The monoisotopic (exact) mass is 351 g/mol. The van der Waals surface area contributed by atoms with Gasteiger partial charge in [0.1, 0.15) is 17.3 Å². The standard InChI is InChI=1S/C17H19BrFNO/c1-3-8-20-11-13-5-7-15(10-16(13)18)21-17-9-14(19)6-4-12(17)2/h4-7,9-10,20H,3,8,11H2,1-2H3. The number of hydrogen-bond donors (Lipinski definition) is 1. The summed E-state index contributed by atoms with van der Waals surface area (Å²) >= 11 is 3.55. The molecule has 0 aliphatic heterocycles. The van der Waals surface area contributed by atoms with Crippen LogP contribution in [0.1, 0.15) is 24.5 Å². The summed E-state index contributed by atoms with van der Waals surface area (Å²) in [5, 5.41) is 3.36. The Morgan fingerprint density at radius 1 is 1.19 bits per heavy atom. The van der Waals surface area contributed by atoms with Gasteiger partial charge in [0.25, 0.3) is 0 Å². The van der Waals surface area contributed by atoms with Crippen LogP contribution in [-0.4, -0.2) is 6.54 Å². The molecule has 0 heterocycles. The van der Waals surface area contributed by atoms with Crippen LogP contribution in [-0.2, 0) is 6.54 Å². The molecule has 2 nitrogen and oxygen atoms in total. The highest BCUT2D eigenvalue weighted by atomic mass is 79.9. The van der Waals surface area contributed by atoms with E-state index in [1.807, 2.05) is 25.1 Å². The Balaban J connectivity index is 2.11. The topological polar surface area (TPSA) is 21.3 Å². The van der Waals surface area contributed by atoms with E-state index in [1.54, 1.807) is 6.07 Å². The largest absolute Gasteiger partial charge is 0.457 e. The van der Waals surface area contributed by atoms with E-state index < -0.39 is 0 Å². The average Bonchev–Trinajstić information content (AvgIpc) is 2.45. The molecule has 0 aliphatic rings. The van der Waals surface area contributed by atoms with Gasteiger partial charge in [-0.3, -0.25) is 0 Å². The molecule has 0 saturated carbocycles. The van der Waals surface area contributed by atoms with E-state index in [9.17, 15) is 4.39 Å². The third-order valence-electron chi connectivity index (χ3n) is 3.14. The van der Waals surface area contributed by atoms with Gasteiger partial charge in [0.15, 0.2) is 0 Å². The van der Waals surface area contributed by atoms with Crippen molar-refractivity contribution in [3.05, 3.63) is 57.8 Å². The first-order valence-electron chi connectivity index (χ1n) is 7.03. The lowest BCUT2D eigenvalue weighted by atomic mass is 10.2. The molecule has 0 bridgehead atoms. The first kappa shape index (κ1) is 16.0. The van der Waals surface area contributed by atoms with E-state index in [0.717, 1.165) is 29.5 Å². The molecule has 0 fully saturated rings. The maximum atomic E-state index is 13.3. The van der Waals surface area contributed by atoms with Crippen molar-refractivity contribution < 1.29 is 9.13 Å². The summed E-state index contributed by atoms with van der Waals surface area (Å²) in [6, 6.07) is 10.4. The molecule has 0 aliphatic carbocycles. The number of ether oxygens (including phenoxy) is 1. The Morgan fingerprint density at radius 2 is 2.00 bits per heavy atom. The van der Waals surface area contributed by atoms with E-state index in [-0.39, 0.29) is 5.82 Å². The van der Waals surface area contributed by atoms with E-state index in [2.05, 4.69) is 28.2 Å². The number of hydrogen-bond acceptors (Lipinski definition) is 2. The zero-order valence-corrected chi connectivity index (χ0v) is 13.8. The van der Waals surface area contributed by atoms with Gasteiger partial charge in [0.2, 0.25) is 0 Å². The van der Waals surface area contributed by atoms with Crippen LogP contribution in [0.2, 0.25) is 0 Å². The van der Waals surface area contributed by atoms with Gasteiger partial charge >= 0.3 is 0 Å². The van der Waals surface area contributed by atoms with Crippen LogP contribution in [0.25, 0.3) is 0 Å². The van der Waals surface area contributed by atoms with Gasteiger partial charge in [-0.25, -0.2) is 4.39 Å². The summed E-state index contributed by atoms with van der Waals surface area (Å²) in [5.41, 5.74) is 2.08. The molecule has 0 spiro atoms.